The van der Waals surface area contributed by atoms with Crippen LogP contribution in [0.25, 0.3) is 21.1 Å². The number of aromatic nitrogens is 3. The summed E-state index contributed by atoms with van der Waals surface area (Å²) in [7, 11) is -3.53. The first-order valence-electron chi connectivity index (χ1n) is 8.41. The Labute approximate surface area is 154 Å². The fourth-order valence-corrected chi connectivity index (χ4v) is 6.30. The highest BCUT2D eigenvalue weighted by atomic mass is 32.2. The molecule has 1 aromatic carbocycles. The fraction of sp³-hybridized carbons (Fsp3) is 0.222. The first kappa shape index (κ1) is 15.9. The molecule has 1 aliphatic carbocycles. The molecule has 132 valence electrons. The van der Waals surface area contributed by atoms with Gasteiger partial charge in [-0.1, -0.05) is 18.2 Å². The second-order valence-electron chi connectivity index (χ2n) is 6.56. The van der Waals surface area contributed by atoms with E-state index in [1.165, 1.54) is 16.9 Å². The summed E-state index contributed by atoms with van der Waals surface area (Å²) in [4.78, 5) is 4.38. The Morgan fingerprint density at radius 2 is 2.12 bits per heavy atom. The molecular weight excluding hydrogens is 368 g/mol. The normalized spacial score (nSPS) is 17.6. The van der Waals surface area contributed by atoms with Crippen molar-refractivity contribution in [3.8, 4) is 0 Å². The Morgan fingerprint density at radius 1 is 1.23 bits per heavy atom. The number of pyridine rings is 1. The summed E-state index contributed by atoms with van der Waals surface area (Å²) < 4.78 is 29.9. The molecule has 1 atom stereocenters. The van der Waals surface area contributed by atoms with Crippen molar-refractivity contribution >= 4 is 42.5 Å². The van der Waals surface area contributed by atoms with Crippen molar-refractivity contribution in [2.24, 2.45) is 0 Å². The van der Waals surface area contributed by atoms with E-state index >= 15 is 0 Å². The van der Waals surface area contributed by atoms with Crippen molar-refractivity contribution in [1.29, 1.82) is 0 Å². The second kappa shape index (κ2) is 5.87. The van der Waals surface area contributed by atoms with Gasteiger partial charge in [-0.15, -0.1) is 11.3 Å². The number of hydrogen-bond acceptors (Lipinski definition) is 5. The summed E-state index contributed by atoms with van der Waals surface area (Å²) in [5.41, 5.74) is 3.10. The van der Waals surface area contributed by atoms with Crippen LogP contribution in [0.5, 0.6) is 0 Å². The standard InChI is InChI=1S/C18H16N4O2S2/c23-26(24,17-8-11-3-1-2-4-16(11)25-17)22-13-5-6-14-12(7-13)9-19-18-15(14)10-20-21-18/h1-4,8-10,13,22H,5-7H2,(H,19,20,21). The van der Waals surface area contributed by atoms with Gasteiger partial charge in [0.1, 0.15) is 4.21 Å². The van der Waals surface area contributed by atoms with Crippen LogP contribution in [0.15, 0.2) is 46.9 Å². The Morgan fingerprint density at radius 3 is 3.00 bits per heavy atom. The molecule has 0 saturated carbocycles. The first-order valence-corrected chi connectivity index (χ1v) is 10.7. The zero-order valence-electron chi connectivity index (χ0n) is 13.8. The molecule has 26 heavy (non-hydrogen) atoms. The van der Waals surface area contributed by atoms with Crippen LogP contribution in [-0.4, -0.2) is 29.6 Å². The van der Waals surface area contributed by atoms with Gasteiger partial charge in [0, 0.05) is 22.3 Å². The van der Waals surface area contributed by atoms with Crippen LogP contribution in [0.3, 0.4) is 0 Å². The lowest BCUT2D eigenvalue weighted by atomic mass is 9.88. The second-order valence-corrected chi connectivity index (χ2v) is 9.58. The Bertz CT molecular complexity index is 1190. The molecule has 1 unspecified atom stereocenters. The van der Waals surface area contributed by atoms with Gasteiger partial charge in [0.15, 0.2) is 5.65 Å². The maximum atomic E-state index is 12.8. The minimum atomic E-state index is -3.53. The van der Waals surface area contributed by atoms with Crippen LogP contribution < -0.4 is 4.72 Å². The maximum Gasteiger partial charge on any atom is 0.250 e. The predicted molar refractivity (Wildman–Crippen MR) is 102 cm³/mol. The summed E-state index contributed by atoms with van der Waals surface area (Å²) >= 11 is 1.31. The molecule has 0 radical (unpaired) electrons. The van der Waals surface area contributed by atoms with Crippen LogP contribution in [0, 0.1) is 0 Å². The van der Waals surface area contributed by atoms with E-state index in [1.54, 1.807) is 12.3 Å². The van der Waals surface area contributed by atoms with E-state index in [4.69, 9.17) is 0 Å². The minimum absolute atomic E-state index is 0.121. The van der Waals surface area contributed by atoms with E-state index in [1.807, 2.05) is 30.5 Å². The molecule has 0 saturated heterocycles. The first-order chi connectivity index (χ1) is 12.6. The minimum Gasteiger partial charge on any atom is -0.261 e. The molecule has 3 aromatic heterocycles. The molecule has 6 nitrogen and oxygen atoms in total. The highest BCUT2D eigenvalue weighted by Crippen LogP contribution is 2.31. The van der Waals surface area contributed by atoms with Crippen molar-refractivity contribution in [3.05, 3.63) is 53.9 Å². The maximum absolute atomic E-state index is 12.8. The summed E-state index contributed by atoms with van der Waals surface area (Å²) in [5, 5.41) is 8.93. The Hall–Kier alpha value is -2.29. The van der Waals surface area contributed by atoms with Crippen molar-refractivity contribution in [2.75, 3.05) is 0 Å². The van der Waals surface area contributed by atoms with E-state index in [2.05, 4.69) is 19.9 Å². The number of sulfonamides is 1. The molecule has 3 heterocycles. The van der Waals surface area contributed by atoms with Crippen molar-refractivity contribution in [3.63, 3.8) is 0 Å². The number of H-pyrrole nitrogens is 1. The van der Waals surface area contributed by atoms with E-state index in [9.17, 15) is 8.42 Å². The highest BCUT2D eigenvalue weighted by molar-refractivity contribution is 7.91. The van der Waals surface area contributed by atoms with Crippen LogP contribution in [0.2, 0.25) is 0 Å². The SMILES string of the molecule is O=S(=O)(NC1CCc2c(cnc3[nH]ncc23)C1)c1cc2ccccc2s1. The molecule has 2 N–H and O–H groups in total. The smallest absolute Gasteiger partial charge is 0.250 e. The van der Waals surface area contributed by atoms with Crippen LogP contribution >= 0.6 is 11.3 Å². The number of fused-ring (bicyclic) bond motifs is 4. The van der Waals surface area contributed by atoms with E-state index in [0.29, 0.717) is 10.6 Å². The van der Waals surface area contributed by atoms with Gasteiger partial charge in [0.05, 0.1) is 6.20 Å². The quantitative estimate of drug-likeness (QED) is 0.568. The van der Waals surface area contributed by atoms with Crippen molar-refractivity contribution < 1.29 is 8.42 Å². The average Bonchev–Trinajstić information content (AvgIpc) is 3.28. The number of hydrogen-bond donors (Lipinski definition) is 2. The molecule has 8 heteroatoms. The fourth-order valence-electron chi connectivity index (χ4n) is 3.62. The number of aromatic amines is 1. The number of benzene rings is 1. The van der Waals surface area contributed by atoms with Gasteiger partial charge >= 0.3 is 0 Å². The number of nitrogens with zero attached hydrogens (tertiary/aromatic N) is 2. The Balaban J connectivity index is 1.42. The van der Waals surface area contributed by atoms with Gasteiger partial charge in [-0.3, -0.25) is 5.10 Å². The van der Waals surface area contributed by atoms with Crippen molar-refractivity contribution in [1.82, 2.24) is 19.9 Å². The third-order valence-corrected chi connectivity index (χ3v) is 7.99. The van der Waals surface area contributed by atoms with Crippen LogP contribution in [0.4, 0.5) is 0 Å². The molecular formula is C18H16N4O2S2. The highest BCUT2D eigenvalue weighted by Gasteiger charge is 2.27. The molecule has 0 bridgehead atoms. The van der Waals surface area contributed by atoms with E-state index < -0.39 is 10.0 Å². The average molecular weight is 384 g/mol. The number of aryl methyl sites for hydroxylation is 1. The zero-order valence-corrected chi connectivity index (χ0v) is 15.4. The summed E-state index contributed by atoms with van der Waals surface area (Å²) in [6.07, 6.45) is 5.85. The largest absolute Gasteiger partial charge is 0.261 e. The molecule has 0 aliphatic heterocycles. The van der Waals surface area contributed by atoms with Gasteiger partial charge in [-0.2, -0.15) is 5.10 Å². The van der Waals surface area contributed by atoms with Gasteiger partial charge in [-0.25, -0.2) is 18.1 Å². The monoisotopic (exact) mass is 384 g/mol. The molecule has 5 rings (SSSR count). The third kappa shape index (κ3) is 2.61. The summed E-state index contributed by atoms with van der Waals surface area (Å²) in [6.45, 7) is 0. The van der Waals surface area contributed by atoms with Gasteiger partial charge in [0.2, 0.25) is 10.0 Å². The van der Waals surface area contributed by atoms with Gasteiger partial charge < -0.3 is 0 Å². The predicted octanol–water partition coefficient (Wildman–Crippen LogP) is 3.01. The summed E-state index contributed by atoms with van der Waals surface area (Å²) in [6, 6.07) is 9.34. The topological polar surface area (TPSA) is 87.7 Å². The molecule has 0 fully saturated rings. The lowest BCUT2D eigenvalue weighted by Gasteiger charge is -2.25. The van der Waals surface area contributed by atoms with Gasteiger partial charge in [-0.05, 0) is 47.9 Å². The number of rotatable bonds is 3. The van der Waals surface area contributed by atoms with Crippen LogP contribution in [0.1, 0.15) is 17.5 Å². The van der Waals surface area contributed by atoms with E-state index in [-0.39, 0.29) is 6.04 Å². The number of nitrogens with one attached hydrogen (secondary N) is 2. The zero-order chi connectivity index (χ0) is 17.7. The molecule has 1 aliphatic rings. The number of thiophene rings is 1. The molecule has 0 spiro atoms. The van der Waals surface area contributed by atoms with Crippen LogP contribution in [-0.2, 0) is 22.9 Å². The Kier molecular flexibility index (Phi) is 3.59. The van der Waals surface area contributed by atoms with Crippen molar-refractivity contribution in [2.45, 2.75) is 29.5 Å². The lowest BCUT2D eigenvalue weighted by molar-refractivity contribution is 0.509. The van der Waals surface area contributed by atoms with Gasteiger partial charge in [0.25, 0.3) is 0 Å². The molecule has 4 aromatic rings. The summed E-state index contributed by atoms with van der Waals surface area (Å²) in [5.74, 6) is 0. The third-order valence-electron chi connectivity index (χ3n) is 4.88. The van der Waals surface area contributed by atoms with E-state index in [0.717, 1.165) is 39.5 Å². The molecule has 0 amide bonds. The lowest BCUT2D eigenvalue weighted by Crippen LogP contribution is -2.38.